The molecule has 106 valence electrons. The van der Waals surface area contributed by atoms with E-state index in [-0.39, 0.29) is 18.9 Å². The molecule has 2 unspecified atom stereocenters. The van der Waals surface area contributed by atoms with Gasteiger partial charge in [0.05, 0.1) is 0 Å². The number of carbonyl (C=O) groups excluding carboxylic acids is 2. The molecule has 0 saturated heterocycles. The van der Waals surface area contributed by atoms with Gasteiger partial charge in [0.2, 0.25) is 6.04 Å². The fourth-order valence-electron chi connectivity index (χ4n) is 1.70. The van der Waals surface area contributed by atoms with Crippen LogP contribution in [0.2, 0.25) is 0 Å². The van der Waals surface area contributed by atoms with Crippen molar-refractivity contribution < 1.29 is 19.2 Å². The Bertz CT molecular complexity index is 407. The average molecular weight is 270 g/mol. The molecular weight excluding hydrogens is 252 g/mol. The van der Waals surface area contributed by atoms with Crippen LogP contribution in [-0.2, 0) is 14.3 Å². The zero-order valence-corrected chi connectivity index (χ0v) is 11.1. The molecule has 1 fully saturated rings. The van der Waals surface area contributed by atoms with Gasteiger partial charge < -0.3 is 9.64 Å². The fraction of sp³-hybridized carbons (Fsp3) is 0.667. The topological polar surface area (TPSA) is 89.8 Å². The van der Waals surface area contributed by atoms with Gasteiger partial charge in [-0.15, -0.1) is 0 Å². The monoisotopic (exact) mass is 270 g/mol. The van der Waals surface area contributed by atoms with Crippen LogP contribution >= 0.6 is 0 Å². The molecule has 1 rings (SSSR count). The molecule has 0 bridgehead atoms. The zero-order valence-electron chi connectivity index (χ0n) is 11.1. The van der Waals surface area contributed by atoms with Crippen molar-refractivity contribution in [3.63, 3.8) is 0 Å². The maximum absolute atomic E-state index is 11.7. The summed E-state index contributed by atoms with van der Waals surface area (Å²) in [4.78, 5) is 34.6. The molecule has 1 aliphatic carbocycles. The summed E-state index contributed by atoms with van der Waals surface area (Å²) in [7, 11) is 0. The fourth-order valence-corrected chi connectivity index (χ4v) is 1.70. The smallest absolute Gasteiger partial charge is 0.316 e. The molecule has 1 aliphatic rings. The first-order chi connectivity index (χ1) is 8.86. The lowest BCUT2D eigenvalue weighted by atomic mass is 10.3. The van der Waals surface area contributed by atoms with Crippen molar-refractivity contribution in [2.45, 2.75) is 26.3 Å². The lowest BCUT2D eigenvalue weighted by Crippen LogP contribution is -2.35. The van der Waals surface area contributed by atoms with Crippen LogP contribution in [0.3, 0.4) is 0 Å². The van der Waals surface area contributed by atoms with E-state index < -0.39 is 22.9 Å². The number of likely N-dealkylation sites (N-methyl/N-ethyl adjacent to an activating group) is 1. The Morgan fingerprint density at radius 3 is 2.58 bits per heavy atom. The van der Waals surface area contributed by atoms with E-state index in [0.29, 0.717) is 13.1 Å². The number of carbonyl (C=O) groups is 2. The molecule has 0 spiro atoms. The van der Waals surface area contributed by atoms with Gasteiger partial charge in [0, 0.05) is 24.4 Å². The van der Waals surface area contributed by atoms with Crippen molar-refractivity contribution in [2.24, 2.45) is 5.92 Å². The minimum absolute atomic E-state index is 0.198. The summed E-state index contributed by atoms with van der Waals surface area (Å²) >= 11 is 0. The number of esters is 1. The summed E-state index contributed by atoms with van der Waals surface area (Å²) in [5.41, 5.74) is 0.831. The first kappa shape index (κ1) is 15.1. The highest BCUT2D eigenvalue weighted by molar-refractivity contribution is 5.82. The van der Waals surface area contributed by atoms with Gasteiger partial charge in [-0.05, 0) is 13.8 Å². The molecule has 0 aromatic carbocycles. The van der Waals surface area contributed by atoms with Gasteiger partial charge in [-0.1, -0.05) is 12.2 Å². The van der Waals surface area contributed by atoms with Crippen LogP contribution in [0.25, 0.3) is 0 Å². The maximum atomic E-state index is 11.7. The summed E-state index contributed by atoms with van der Waals surface area (Å²) in [6, 6.07) is -0.847. The van der Waals surface area contributed by atoms with Gasteiger partial charge >= 0.3 is 5.97 Å². The largest absolute Gasteiger partial charge is 0.455 e. The van der Waals surface area contributed by atoms with Gasteiger partial charge in [0.15, 0.2) is 6.61 Å². The quantitative estimate of drug-likeness (QED) is 0.293. The normalized spacial score (nSPS) is 20.5. The Balaban J connectivity index is 2.35. The SMILES string of the molecule is C=C(C)CN(CC)C(=O)COC(=O)C1CC1[N+](=O)[O-]. The zero-order chi connectivity index (χ0) is 14.6. The Labute approximate surface area is 111 Å². The van der Waals surface area contributed by atoms with E-state index in [4.69, 9.17) is 4.74 Å². The number of ether oxygens (including phenoxy) is 1. The number of nitrogens with zero attached hydrogens (tertiary/aromatic N) is 2. The maximum Gasteiger partial charge on any atom is 0.316 e. The van der Waals surface area contributed by atoms with Crippen LogP contribution in [0.4, 0.5) is 0 Å². The van der Waals surface area contributed by atoms with Gasteiger partial charge in [0.25, 0.3) is 5.91 Å². The predicted molar refractivity (Wildman–Crippen MR) is 66.9 cm³/mol. The van der Waals surface area contributed by atoms with Crippen LogP contribution < -0.4 is 0 Å². The van der Waals surface area contributed by atoms with Gasteiger partial charge in [-0.2, -0.15) is 0 Å². The molecule has 0 aromatic heterocycles. The second-order valence-electron chi connectivity index (χ2n) is 4.67. The Morgan fingerprint density at radius 2 is 2.16 bits per heavy atom. The molecule has 7 heteroatoms. The minimum atomic E-state index is -0.847. The second-order valence-corrected chi connectivity index (χ2v) is 4.67. The molecular formula is C12H18N2O5. The third kappa shape index (κ3) is 4.35. The van der Waals surface area contributed by atoms with Crippen molar-refractivity contribution in [2.75, 3.05) is 19.7 Å². The van der Waals surface area contributed by atoms with E-state index in [1.54, 1.807) is 6.92 Å². The van der Waals surface area contributed by atoms with E-state index in [0.717, 1.165) is 5.57 Å². The molecule has 0 aliphatic heterocycles. The molecule has 19 heavy (non-hydrogen) atoms. The van der Waals surface area contributed by atoms with Crippen molar-refractivity contribution in [3.8, 4) is 0 Å². The predicted octanol–water partition coefficient (Wildman–Crippen LogP) is 0.619. The molecule has 2 atom stereocenters. The van der Waals surface area contributed by atoms with Gasteiger partial charge in [-0.3, -0.25) is 19.7 Å². The molecule has 0 aromatic rings. The summed E-state index contributed by atoms with van der Waals surface area (Å²) in [5, 5.41) is 10.4. The molecule has 1 saturated carbocycles. The lowest BCUT2D eigenvalue weighted by Gasteiger charge is -2.20. The summed E-state index contributed by atoms with van der Waals surface area (Å²) in [6.07, 6.45) is 0.198. The number of hydrogen-bond acceptors (Lipinski definition) is 5. The van der Waals surface area contributed by atoms with Crippen LogP contribution in [0, 0.1) is 16.0 Å². The van der Waals surface area contributed by atoms with Crippen molar-refractivity contribution in [3.05, 3.63) is 22.3 Å². The number of rotatable bonds is 7. The Morgan fingerprint density at radius 1 is 1.53 bits per heavy atom. The third-order valence-electron chi connectivity index (χ3n) is 2.86. The number of hydrogen-bond donors (Lipinski definition) is 0. The highest BCUT2D eigenvalue weighted by atomic mass is 16.6. The average Bonchev–Trinajstić information content (AvgIpc) is 3.12. The second kappa shape index (κ2) is 6.31. The van der Waals surface area contributed by atoms with Crippen LogP contribution in [0.1, 0.15) is 20.3 Å². The molecule has 0 radical (unpaired) electrons. The van der Waals surface area contributed by atoms with E-state index in [1.807, 2.05) is 6.92 Å². The highest BCUT2D eigenvalue weighted by Crippen LogP contribution is 2.34. The van der Waals surface area contributed by atoms with Gasteiger partial charge in [-0.25, -0.2) is 0 Å². The van der Waals surface area contributed by atoms with Crippen molar-refractivity contribution in [1.82, 2.24) is 4.90 Å². The summed E-state index contributed by atoms with van der Waals surface area (Å²) < 4.78 is 4.81. The first-order valence-electron chi connectivity index (χ1n) is 6.09. The molecule has 7 nitrogen and oxygen atoms in total. The van der Waals surface area contributed by atoms with E-state index >= 15 is 0 Å². The Hall–Kier alpha value is -1.92. The van der Waals surface area contributed by atoms with Crippen molar-refractivity contribution >= 4 is 11.9 Å². The van der Waals surface area contributed by atoms with E-state index in [2.05, 4.69) is 6.58 Å². The first-order valence-corrected chi connectivity index (χ1v) is 6.09. The van der Waals surface area contributed by atoms with Crippen LogP contribution in [0.15, 0.2) is 12.2 Å². The molecule has 0 heterocycles. The summed E-state index contributed by atoms with van der Waals surface area (Å²) in [6.45, 7) is 7.85. The van der Waals surface area contributed by atoms with Gasteiger partial charge in [0.1, 0.15) is 5.92 Å². The third-order valence-corrected chi connectivity index (χ3v) is 2.86. The number of amides is 1. The standard InChI is InChI=1S/C12H18N2O5/c1-4-13(6-8(2)3)11(15)7-19-12(16)9-5-10(9)14(17)18/h9-10H,2,4-7H2,1,3H3. The van der Waals surface area contributed by atoms with E-state index in [1.165, 1.54) is 4.90 Å². The van der Waals surface area contributed by atoms with Crippen LogP contribution in [-0.4, -0.2) is 47.4 Å². The molecule has 0 N–H and O–H groups in total. The Kier molecular flexibility index (Phi) is 5.02. The van der Waals surface area contributed by atoms with Crippen molar-refractivity contribution in [1.29, 1.82) is 0 Å². The highest BCUT2D eigenvalue weighted by Gasteiger charge is 2.54. The minimum Gasteiger partial charge on any atom is -0.455 e. The van der Waals surface area contributed by atoms with E-state index in [9.17, 15) is 19.7 Å². The van der Waals surface area contributed by atoms with Crippen LogP contribution in [0.5, 0.6) is 0 Å². The summed E-state index contributed by atoms with van der Waals surface area (Å²) in [5.74, 6) is -1.68. The molecule has 1 amide bonds. The number of nitro groups is 1. The lowest BCUT2D eigenvalue weighted by molar-refractivity contribution is -0.497.